The lowest BCUT2D eigenvalue weighted by Crippen LogP contribution is -2.19. The Hall–Kier alpha value is -3.04. The second-order valence-electron chi connectivity index (χ2n) is 4.83. The molecule has 2 rings (SSSR count). The molecule has 0 N–H and O–H groups in total. The Labute approximate surface area is 141 Å². The zero-order valence-electron chi connectivity index (χ0n) is 12.5. The first-order valence-electron chi connectivity index (χ1n) is 6.77. The van der Waals surface area contributed by atoms with E-state index in [1.54, 1.807) is 0 Å². The standard InChI is InChI=1S/C16H8F6O4/c17-15(18,19)11-7-3-1-5-9(11)13(23)25-26-14(24)10-6-2-4-8-12(10)16(20,21)22/h1-8H. The Morgan fingerprint density at radius 3 is 1.23 bits per heavy atom. The molecule has 2 aromatic carbocycles. The summed E-state index contributed by atoms with van der Waals surface area (Å²) in [6, 6.07) is 6.97. The normalized spacial score (nSPS) is 11.8. The third-order valence-corrected chi connectivity index (χ3v) is 3.10. The third kappa shape index (κ3) is 4.32. The van der Waals surface area contributed by atoms with Crippen molar-refractivity contribution in [1.29, 1.82) is 0 Å². The van der Waals surface area contributed by atoms with Gasteiger partial charge in [-0.15, -0.1) is 0 Å². The largest absolute Gasteiger partial charge is 0.417 e. The minimum Gasteiger partial charge on any atom is -0.241 e. The van der Waals surface area contributed by atoms with Gasteiger partial charge in [-0.1, -0.05) is 24.3 Å². The topological polar surface area (TPSA) is 52.6 Å². The molecule has 0 atom stereocenters. The fourth-order valence-electron chi connectivity index (χ4n) is 1.98. The zero-order valence-corrected chi connectivity index (χ0v) is 12.5. The molecule has 0 aliphatic heterocycles. The number of rotatable bonds is 2. The van der Waals surface area contributed by atoms with Gasteiger partial charge in [0.15, 0.2) is 0 Å². The molecule has 10 heteroatoms. The van der Waals surface area contributed by atoms with Gasteiger partial charge in [0.2, 0.25) is 0 Å². The van der Waals surface area contributed by atoms with Crippen molar-refractivity contribution < 1.29 is 45.7 Å². The maximum Gasteiger partial charge on any atom is 0.417 e. The lowest BCUT2D eigenvalue weighted by Gasteiger charge is -2.12. The fraction of sp³-hybridized carbons (Fsp3) is 0.125. The molecular formula is C16H8F6O4. The van der Waals surface area contributed by atoms with Gasteiger partial charge in [0, 0.05) is 0 Å². The van der Waals surface area contributed by atoms with E-state index >= 15 is 0 Å². The Morgan fingerprint density at radius 2 is 0.923 bits per heavy atom. The van der Waals surface area contributed by atoms with Crippen molar-refractivity contribution in [2.45, 2.75) is 12.4 Å². The van der Waals surface area contributed by atoms with Crippen LogP contribution in [0, 0.1) is 0 Å². The van der Waals surface area contributed by atoms with E-state index < -0.39 is 46.5 Å². The number of hydrogen-bond acceptors (Lipinski definition) is 4. The predicted octanol–water partition coefficient (Wildman–Crippen LogP) is 4.65. The number of alkyl halides is 6. The number of carbonyl (C=O) groups excluding carboxylic acids is 2. The zero-order chi connectivity index (χ0) is 19.5. The highest BCUT2D eigenvalue weighted by molar-refractivity contribution is 5.94. The van der Waals surface area contributed by atoms with E-state index in [-0.39, 0.29) is 0 Å². The van der Waals surface area contributed by atoms with E-state index in [4.69, 9.17) is 0 Å². The number of halogens is 6. The van der Waals surface area contributed by atoms with Crippen molar-refractivity contribution in [3.8, 4) is 0 Å². The average molecular weight is 378 g/mol. The van der Waals surface area contributed by atoms with Crippen molar-refractivity contribution in [2.75, 3.05) is 0 Å². The molecule has 0 aliphatic carbocycles. The van der Waals surface area contributed by atoms with E-state index in [2.05, 4.69) is 9.78 Å². The minimum absolute atomic E-state index is 0.595. The average Bonchev–Trinajstić information content (AvgIpc) is 2.58. The summed E-state index contributed by atoms with van der Waals surface area (Å²) in [7, 11) is 0. The van der Waals surface area contributed by atoms with Gasteiger partial charge in [-0.3, -0.25) is 0 Å². The highest BCUT2D eigenvalue weighted by atomic mass is 19.4. The summed E-state index contributed by atoms with van der Waals surface area (Å²) >= 11 is 0. The SMILES string of the molecule is O=C(OOC(=O)c1ccccc1C(F)(F)F)c1ccccc1C(F)(F)F. The molecule has 0 radical (unpaired) electrons. The summed E-state index contributed by atoms with van der Waals surface area (Å²) in [5.41, 5.74) is -4.62. The van der Waals surface area contributed by atoms with Crippen LogP contribution in [-0.4, -0.2) is 11.9 Å². The number of hydrogen-bond donors (Lipinski definition) is 0. The summed E-state index contributed by atoms with van der Waals surface area (Å²) < 4.78 is 76.9. The quantitative estimate of drug-likeness (QED) is 0.434. The van der Waals surface area contributed by atoms with Crippen LogP contribution >= 0.6 is 0 Å². The van der Waals surface area contributed by atoms with Gasteiger partial charge < -0.3 is 0 Å². The molecule has 0 unspecified atom stereocenters. The first-order valence-corrected chi connectivity index (χ1v) is 6.77. The summed E-state index contributed by atoms with van der Waals surface area (Å²) in [6.07, 6.45) is -9.77. The van der Waals surface area contributed by atoms with Crippen LogP contribution in [0.25, 0.3) is 0 Å². The molecule has 0 fully saturated rings. The van der Waals surface area contributed by atoms with Crippen molar-refractivity contribution in [3.63, 3.8) is 0 Å². The van der Waals surface area contributed by atoms with Crippen molar-refractivity contribution in [1.82, 2.24) is 0 Å². The number of benzene rings is 2. The monoisotopic (exact) mass is 378 g/mol. The van der Waals surface area contributed by atoms with Gasteiger partial charge in [-0.25, -0.2) is 19.4 Å². The minimum atomic E-state index is -4.89. The van der Waals surface area contributed by atoms with Crippen LogP contribution < -0.4 is 0 Å². The van der Waals surface area contributed by atoms with E-state index in [9.17, 15) is 35.9 Å². The van der Waals surface area contributed by atoms with Gasteiger partial charge in [-0.05, 0) is 24.3 Å². The van der Waals surface area contributed by atoms with Crippen LogP contribution in [0.2, 0.25) is 0 Å². The van der Waals surface area contributed by atoms with Gasteiger partial charge in [0.25, 0.3) is 0 Å². The Kier molecular flexibility index (Phi) is 5.24. The van der Waals surface area contributed by atoms with E-state index in [1.165, 1.54) is 0 Å². The molecule has 4 nitrogen and oxygen atoms in total. The molecule has 0 bridgehead atoms. The summed E-state index contributed by atoms with van der Waals surface area (Å²) in [6.45, 7) is 0. The summed E-state index contributed by atoms with van der Waals surface area (Å²) in [5.74, 6) is -3.37. The molecule has 0 spiro atoms. The molecule has 0 saturated heterocycles. The first-order chi connectivity index (χ1) is 12.0. The molecule has 0 aromatic heterocycles. The van der Waals surface area contributed by atoms with Crippen LogP contribution in [0.1, 0.15) is 31.8 Å². The maximum absolute atomic E-state index is 12.8. The molecule has 0 amide bonds. The van der Waals surface area contributed by atoms with Crippen LogP contribution in [0.5, 0.6) is 0 Å². The third-order valence-electron chi connectivity index (χ3n) is 3.10. The Bertz CT molecular complexity index is 756. The first kappa shape index (κ1) is 19.3. The highest BCUT2D eigenvalue weighted by Crippen LogP contribution is 2.33. The molecule has 26 heavy (non-hydrogen) atoms. The Balaban J connectivity index is 2.19. The van der Waals surface area contributed by atoms with Crippen molar-refractivity contribution >= 4 is 11.9 Å². The molecular weight excluding hydrogens is 370 g/mol. The summed E-state index contributed by atoms with van der Waals surface area (Å²) in [4.78, 5) is 31.4. The maximum atomic E-state index is 12.8. The molecule has 138 valence electrons. The highest BCUT2D eigenvalue weighted by Gasteiger charge is 2.37. The van der Waals surface area contributed by atoms with E-state index in [0.29, 0.717) is 12.1 Å². The van der Waals surface area contributed by atoms with Gasteiger partial charge in [0.1, 0.15) is 0 Å². The van der Waals surface area contributed by atoms with Crippen molar-refractivity contribution in [2.24, 2.45) is 0 Å². The predicted molar refractivity (Wildman–Crippen MR) is 73.7 cm³/mol. The molecule has 0 saturated carbocycles. The van der Waals surface area contributed by atoms with Crippen LogP contribution in [0.3, 0.4) is 0 Å². The van der Waals surface area contributed by atoms with E-state index in [0.717, 1.165) is 36.4 Å². The van der Waals surface area contributed by atoms with Gasteiger partial charge >= 0.3 is 24.3 Å². The van der Waals surface area contributed by atoms with Gasteiger partial charge in [-0.2, -0.15) is 26.3 Å². The lowest BCUT2D eigenvalue weighted by molar-refractivity contribution is -0.189. The number of carbonyl (C=O) groups is 2. The van der Waals surface area contributed by atoms with E-state index in [1.807, 2.05) is 0 Å². The summed E-state index contributed by atoms with van der Waals surface area (Å²) in [5, 5.41) is 0. The fourth-order valence-corrected chi connectivity index (χ4v) is 1.98. The lowest BCUT2D eigenvalue weighted by atomic mass is 10.1. The Morgan fingerprint density at radius 1 is 0.615 bits per heavy atom. The molecule has 0 heterocycles. The van der Waals surface area contributed by atoms with Crippen LogP contribution in [0.15, 0.2) is 48.5 Å². The van der Waals surface area contributed by atoms with Crippen LogP contribution in [-0.2, 0) is 22.1 Å². The van der Waals surface area contributed by atoms with Gasteiger partial charge in [0.05, 0.1) is 22.3 Å². The molecule has 0 aliphatic rings. The molecule has 2 aromatic rings. The second-order valence-corrected chi connectivity index (χ2v) is 4.83. The van der Waals surface area contributed by atoms with Crippen molar-refractivity contribution in [3.05, 3.63) is 70.8 Å². The van der Waals surface area contributed by atoms with Crippen LogP contribution in [0.4, 0.5) is 26.3 Å². The second kappa shape index (κ2) is 7.06. The smallest absolute Gasteiger partial charge is 0.241 e.